The molecule has 1 aromatic rings. The summed E-state index contributed by atoms with van der Waals surface area (Å²) in [5, 5.41) is 10.9. The Morgan fingerprint density at radius 1 is 1.38 bits per heavy atom. The van der Waals surface area contributed by atoms with Crippen LogP contribution in [0.5, 0.6) is 0 Å². The molecular formula is C12H15FN2O5S. The monoisotopic (exact) mass is 318 g/mol. The van der Waals surface area contributed by atoms with Gasteiger partial charge in [0.2, 0.25) is 15.8 Å². The minimum atomic E-state index is -4.10. The quantitative estimate of drug-likeness (QED) is 0.620. The van der Waals surface area contributed by atoms with Crippen molar-refractivity contribution in [1.82, 2.24) is 4.31 Å². The van der Waals surface area contributed by atoms with E-state index >= 15 is 0 Å². The van der Waals surface area contributed by atoms with Crippen molar-refractivity contribution in [2.45, 2.75) is 23.8 Å². The molecule has 9 heteroatoms. The number of halogens is 1. The molecule has 2 rings (SSSR count). The summed E-state index contributed by atoms with van der Waals surface area (Å²) in [4.78, 5) is 9.32. The van der Waals surface area contributed by atoms with Gasteiger partial charge in [-0.2, -0.15) is 8.70 Å². The number of rotatable bonds is 4. The zero-order valence-electron chi connectivity index (χ0n) is 11.4. The molecule has 0 N–H and O–H groups in total. The normalized spacial score (nSPS) is 17.8. The van der Waals surface area contributed by atoms with Crippen molar-refractivity contribution in [1.29, 1.82) is 0 Å². The maximum absolute atomic E-state index is 13.6. The Bertz CT molecular complexity index is 641. The van der Waals surface area contributed by atoms with Gasteiger partial charge in [-0.25, -0.2) is 8.42 Å². The lowest BCUT2D eigenvalue weighted by Crippen LogP contribution is -2.40. The number of methoxy groups -OCH3 is 1. The van der Waals surface area contributed by atoms with Gasteiger partial charge in [0.05, 0.1) is 11.0 Å². The zero-order valence-corrected chi connectivity index (χ0v) is 12.2. The summed E-state index contributed by atoms with van der Waals surface area (Å²) >= 11 is 0. The second kappa shape index (κ2) is 6.04. The molecule has 0 spiro atoms. The first-order valence-electron chi connectivity index (χ1n) is 6.33. The van der Waals surface area contributed by atoms with Gasteiger partial charge in [-0.05, 0) is 25.0 Å². The summed E-state index contributed by atoms with van der Waals surface area (Å²) in [5.74, 6) is -1.16. The first kappa shape index (κ1) is 15.8. The number of para-hydroxylation sites is 1. The molecule has 0 bridgehead atoms. The molecule has 1 saturated heterocycles. The highest BCUT2D eigenvalue weighted by Gasteiger charge is 2.35. The number of hydrogen-bond acceptors (Lipinski definition) is 5. The summed E-state index contributed by atoms with van der Waals surface area (Å²) in [5.41, 5.74) is -1.01. The number of benzene rings is 1. The molecule has 0 saturated carbocycles. The predicted molar refractivity (Wildman–Crippen MR) is 71.8 cm³/mol. The van der Waals surface area contributed by atoms with Crippen LogP contribution in [0.25, 0.3) is 0 Å². The van der Waals surface area contributed by atoms with Gasteiger partial charge < -0.3 is 4.74 Å². The Kier molecular flexibility index (Phi) is 4.55. The molecule has 0 amide bonds. The zero-order chi connectivity index (χ0) is 15.6. The summed E-state index contributed by atoms with van der Waals surface area (Å²) in [6, 6.07) is 3.07. The van der Waals surface area contributed by atoms with Crippen molar-refractivity contribution in [3.8, 4) is 0 Å². The van der Waals surface area contributed by atoms with Crippen LogP contribution in [-0.4, -0.2) is 43.9 Å². The third-order valence-corrected chi connectivity index (χ3v) is 5.41. The Morgan fingerprint density at radius 3 is 2.52 bits per heavy atom. The lowest BCUT2D eigenvalue weighted by Gasteiger charge is -2.30. The van der Waals surface area contributed by atoms with E-state index in [-0.39, 0.29) is 19.2 Å². The smallest absolute Gasteiger partial charge is 0.324 e. The maximum atomic E-state index is 13.6. The second-order valence-corrected chi connectivity index (χ2v) is 6.59. The first-order chi connectivity index (χ1) is 9.87. The van der Waals surface area contributed by atoms with E-state index in [1.807, 2.05) is 0 Å². The van der Waals surface area contributed by atoms with Crippen molar-refractivity contribution in [3.63, 3.8) is 0 Å². The largest absolute Gasteiger partial charge is 0.381 e. The standard InChI is InChI=1S/C12H15FN2O5S/c1-20-9-5-7-14(8-6-9)21(18,19)11-4-2-3-10(13)12(11)15(16)17/h2-4,9H,5-8H2,1H3. The highest BCUT2D eigenvalue weighted by atomic mass is 32.2. The number of ether oxygens (including phenoxy) is 1. The molecule has 0 aromatic heterocycles. The minimum Gasteiger partial charge on any atom is -0.381 e. The van der Waals surface area contributed by atoms with Gasteiger partial charge in [-0.15, -0.1) is 0 Å². The van der Waals surface area contributed by atoms with E-state index in [4.69, 9.17) is 4.74 Å². The molecule has 1 fully saturated rings. The van der Waals surface area contributed by atoms with E-state index in [9.17, 15) is 22.9 Å². The number of nitrogens with zero attached hydrogens (tertiary/aromatic N) is 2. The molecule has 0 aliphatic carbocycles. The van der Waals surface area contributed by atoms with Crippen LogP contribution in [0, 0.1) is 15.9 Å². The van der Waals surface area contributed by atoms with Gasteiger partial charge in [-0.3, -0.25) is 10.1 Å². The average molecular weight is 318 g/mol. The highest BCUT2D eigenvalue weighted by Crippen LogP contribution is 2.30. The van der Waals surface area contributed by atoms with Crippen LogP contribution in [0.4, 0.5) is 10.1 Å². The molecule has 1 aliphatic rings. The number of nitro benzene ring substituents is 1. The molecule has 0 unspecified atom stereocenters. The van der Waals surface area contributed by atoms with Gasteiger partial charge in [-0.1, -0.05) is 6.07 Å². The van der Waals surface area contributed by atoms with Gasteiger partial charge in [0, 0.05) is 20.2 Å². The van der Waals surface area contributed by atoms with E-state index in [1.54, 1.807) is 7.11 Å². The maximum Gasteiger partial charge on any atom is 0.324 e. The van der Waals surface area contributed by atoms with Crippen LogP contribution in [0.3, 0.4) is 0 Å². The SMILES string of the molecule is COC1CCN(S(=O)(=O)c2cccc(F)c2[N+](=O)[O-])CC1. The van der Waals surface area contributed by atoms with Crippen molar-refractivity contribution >= 4 is 15.7 Å². The Hall–Kier alpha value is -1.58. The molecule has 1 aromatic carbocycles. The molecule has 0 radical (unpaired) electrons. The van der Waals surface area contributed by atoms with Crippen molar-refractivity contribution in [2.75, 3.05) is 20.2 Å². The molecule has 0 atom stereocenters. The van der Waals surface area contributed by atoms with Crippen molar-refractivity contribution < 1.29 is 22.5 Å². The molecule has 21 heavy (non-hydrogen) atoms. The lowest BCUT2D eigenvalue weighted by atomic mass is 10.1. The van der Waals surface area contributed by atoms with Gasteiger partial charge in [0.1, 0.15) is 0 Å². The van der Waals surface area contributed by atoms with Crippen LogP contribution < -0.4 is 0 Å². The Labute approximate surface area is 121 Å². The van der Waals surface area contributed by atoms with Crippen molar-refractivity contribution in [3.05, 3.63) is 34.1 Å². The summed E-state index contributed by atoms with van der Waals surface area (Å²) in [7, 11) is -2.55. The average Bonchev–Trinajstić information content (AvgIpc) is 2.46. The van der Waals surface area contributed by atoms with E-state index in [0.717, 1.165) is 22.5 Å². The van der Waals surface area contributed by atoms with E-state index in [0.29, 0.717) is 12.8 Å². The van der Waals surface area contributed by atoms with Crippen LogP contribution in [0.15, 0.2) is 23.1 Å². The van der Waals surface area contributed by atoms with Crippen LogP contribution >= 0.6 is 0 Å². The predicted octanol–water partition coefficient (Wildman–Crippen LogP) is 1.53. The van der Waals surface area contributed by atoms with E-state index in [2.05, 4.69) is 0 Å². The molecule has 7 nitrogen and oxygen atoms in total. The van der Waals surface area contributed by atoms with E-state index in [1.165, 1.54) is 0 Å². The minimum absolute atomic E-state index is 0.0288. The molecule has 1 heterocycles. The lowest BCUT2D eigenvalue weighted by molar-refractivity contribution is -0.390. The van der Waals surface area contributed by atoms with Crippen molar-refractivity contribution in [2.24, 2.45) is 0 Å². The summed E-state index contributed by atoms with van der Waals surface area (Å²) < 4.78 is 44.8. The second-order valence-electron chi connectivity index (χ2n) is 4.68. The fourth-order valence-corrected chi connectivity index (χ4v) is 3.96. The van der Waals surface area contributed by atoms with Crippen LogP contribution in [-0.2, 0) is 14.8 Å². The summed E-state index contributed by atoms with van der Waals surface area (Å²) in [6.07, 6.45) is 0.969. The van der Waals surface area contributed by atoms with Gasteiger partial charge >= 0.3 is 5.69 Å². The Balaban J connectivity index is 2.37. The third kappa shape index (κ3) is 3.04. The van der Waals surface area contributed by atoms with Gasteiger partial charge in [0.15, 0.2) is 4.90 Å². The molecule has 1 aliphatic heterocycles. The number of hydrogen-bond donors (Lipinski definition) is 0. The fraction of sp³-hybridized carbons (Fsp3) is 0.500. The first-order valence-corrected chi connectivity index (χ1v) is 7.77. The topological polar surface area (TPSA) is 89.8 Å². The number of nitro groups is 1. The summed E-state index contributed by atoms with van der Waals surface area (Å²) in [6.45, 7) is 0.378. The third-order valence-electron chi connectivity index (χ3n) is 3.48. The highest BCUT2D eigenvalue weighted by molar-refractivity contribution is 7.89. The fourth-order valence-electron chi connectivity index (χ4n) is 2.33. The van der Waals surface area contributed by atoms with Crippen LogP contribution in [0.1, 0.15) is 12.8 Å². The Morgan fingerprint density at radius 2 is 2.00 bits per heavy atom. The number of sulfonamides is 1. The number of piperidine rings is 1. The van der Waals surface area contributed by atoms with E-state index < -0.39 is 31.3 Å². The van der Waals surface area contributed by atoms with Crippen LogP contribution in [0.2, 0.25) is 0 Å². The van der Waals surface area contributed by atoms with Gasteiger partial charge in [0.25, 0.3) is 0 Å². The molecule has 116 valence electrons. The molecular weight excluding hydrogens is 303 g/mol.